The summed E-state index contributed by atoms with van der Waals surface area (Å²) in [6.07, 6.45) is 2.97. The molecular weight excluding hydrogens is 516 g/mol. The minimum absolute atomic E-state index is 0.228. The zero-order chi connectivity index (χ0) is 28.6. The standard InChI is InChI=1S/C29H26N4O7/c1-32-27(36)25(18-13-30-20-10-6-4-8-16(18)20)26(28(32)37)19-14-33(22-11-7-5-9-17(19)22)15-23(34)31-21(29(38)40-3)12-24(35)39-2/h4-11,13-14,21,30H,12,15H2,1-3H3,(H,31,34)/t21-/m1/s1. The summed E-state index contributed by atoms with van der Waals surface area (Å²) in [5.74, 6) is -2.92. The van der Waals surface area contributed by atoms with Crippen LogP contribution in [-0.4, -0.2) is 71.4 Å². The van der Waals surface area contributed by atoms with E-state index in [4.69, 9.17) is 4.74 Å². The minimum Gasteiger partial charge on any atom is -0.469 e. The second-order valence-corrected chi connectivity index (χ2v) is 9.28. The third kappa shape index (κ3) is 4.51. The average molecular weight is 543 g/mol. The predicted molar refractivity (Wildman–Crippen MR) is 145 cm³/mol. The largest absolute Gasteiger partial charge is 0.469 e. The Morgan fingerprint density at radius 3 is 2.25 bits per heavy atom. The number of esters is 2. The minimum atomic E-state index is -1.23. The van der Waals surface area contributed by atoms with Crippen molar-refractivity contribution >= 4 is 62.6 Å². The molecule has 4 aromatic rings. The smallest absolute Gasteiger partial charge is 0.328 e. The van der Waals surface area contributed by atoms with E-state index >= 15 is 0 Å². The highest BCUT2D eigenvalue weighted by Gasteiger charge is 2.39. The molecule has 2 aromatic carbocycles. The zero-order valence-electron chi connectivity index (χ0n) is 22.0. The maximum Gasteiger partial charge on any atom is 0.328 e. The quantitative estimate of drug-likeness (QED) is 0.257. The number of carbonyl (C=O) groups is 5. The van der Waals surface area contributed by atoms with Crippen molar-refractivity contribution in [2.24, 2.45) is 0 Å². The Morgan fingerprint density at radius 2 is 1.55 bits per heavy atom. The highest BCUT2D eigenvalue weighted by molar-refractivity contribution is 6.50. The molecule has 0 saturated carbocycles. The fraction of sp³-hybridized carbons (Fsp3) is 0.207. The van der Waals surface area contributed by atoms with Crippen LogP contribution in [0.4, 0.5) is 0 Å². The molecule has 11 nitrogen and oxygen atoms in total. The zero-order valence-corrected chi connectivity index (χ0v) is 22.0. The molecule has 0 fully saturated rings. The Bertz CT molecular complexity index is 1730. The van der Waals surface area contributed by atoms with E-state index in [-0.39, 0.29) is 17.7 Å². The summed E-state index contributed by atoms with van der Waals surface area (Å²) >= 11 is 0. The van der Waals surface area contributed by atoms with Crippen molar-refractivity contribution < 1.29 is 33.4 Å². The fourth-order valence-corrected chi connectivity index (χ4v) is 4.98. The number of hydrogen-bond acceptors (Lipinski definition) is 7. The molecular formula is C29H26N4O7. The van der Waals surface area contributed by atoms with Crippen LogP contribution in [0.2, 0.25) is 0 Å². The number of aromatic nitrogens is 2. The number of imide groups is 1. The molecule has 1 aliphatic rings. The van der Waals surface area contributed by atoms with Crippen LogP contribution >= 0.6 is 0 Å². The Kier molecular flexibility index (Phi) is 6.95. The number of nitrogens with one attached hydrogen (secondary N) is 2. The van der Waals surface area contributed by atoms with Crippen molar-refractivity contribution in [3.8, 4) is 0 Å². The lowest BCUT2D eigenvalue weighted by Crippen LogP contribution is -2.44. The highest BCUT2D eigenvalue weighted by Crippen LogP contribution is 2.40. The van der Waals surface area contributed by atoms with Gasteiger partial charge < -0.3 is 24.3 Å². The lowest BCUT2D eigenvalue weighted by molar-refractivity contribution is -0.150. The van der Waals surface area contributed by atoms with Crippen LogP contribution in [0.1, 0.15) is 17.5 Å². The molecule has 1 aliphatic heterocycles. The summed E-state index contributed by atoms with van der Waals surface area (Å²) in [4.78, 5) is 68.0. The number of methoxy groups -OCH3 is 2. The van der Waals surface area contributed by atoms with Gasteiger partial charge in [-0.2, -0.15) is 0 Å². The molecule has 1 atom stereocenters. The number of benzene rings is 2. The summed E-state index contributed by atoms with van der Waals surface area (Å²) in [6, 6.07) is 13.5. The first-order valence-corrected chi connectivity index (χ1v) is 12.4. The summed E-state index contributed by atoms with van der Waals surface area (Å²) in [7, 11) is 3.77. The number of carbonyl (C=O) groups excluding carboxylic acids is 5. The second-order valence-electron chi connectivity index (χ2n) is 9.28. The van der Waals surface area contributed by atoms with Crippen molar-refractivity contribution in [1.29, 1.82) is 0 Å². The van der Waals surface area contributed by atoms with Crippen LogP contribution in [0, 0.1) is 0 Å². The Morgan fingerprint density at radius 1 is 0.900 bits per heavy atom. The summed E-state index contributed by atoms with van der Waals surface area (Å²) in [5, 5.41) is 3.98. The molecule has 0 unspecified atom stereocenters. The van der Waals surface area contributed by atoms with E-state index in [1.807, 2.05) is 30.3 Å². The van der Waals surface area contributed by atoms with E-state index in [1.165, 1.54) is 14.2 Å². The van der Waals surface area contributed by atoms with Gasteiger partial charge in [0.05, 0.1) is 31.8 Å². The van der Waals surface area contributed by atoms with Gasteiger partial charge in [0.2, 0.25) is 5.91 Å². The maximum atomic E-state index is 13.5. The third-order valence-corrected chi connectivity index (χ3v) is 6.94. The molecule has 0 aliphatic carbocycles. The predicted octanol–water partition coefficient (Wildman–Crippen LogP) is 2.25. The van der Waals surface area contributed by atoms with Crippen molar-refractivity contribution in [2.45, 2.75) is 19.0 Å². The number of likely N-dealkylation sites (N-methyl/N-ethyl adjacent to an activating group) is 1. The van der Waals surface area contributed by atoms with E-state index in [2.05, 4.69) is 15.0 Å². The van der Waals surface area contributed by atoms with Crippen molar-refractivity contribution in [3.05, 3.63) is 72.1 Å². The van der Waals surface area contributed by atoms with Crippen LogP contribution in [0.3, 0.4) is 0 Å². The van der Waals surface area contributed by atoms with Crippen LogP contribution < -0.4 is 5.32 Å². The van der Waals surface area contributed by atoms with Gasteiger partial charge in [0.25, 0.3) is 11.8 Å². The highest BCUT2D eigenvalue weighted by atomic mass is 16.5. The lowest BCUT2D eigenvalue weighted by atomic mass is 9.95. The van der Waals surface area contributed by atoms with Gasteiger partial charge in [-0.25, -0.2) is 4.79 Å². The monoisotopic (exact) mass is 542 g/mol. The van der Waals surface area contributed by atoms with Gasteiger partial charge in [-0.15, -0.1) is 0 Å². The molecule has 5 rings (SSSR count). The first kappa shape index (κ1) is 26.4. The van der Waals surface area contributed by atoms with Gasteiger partial charge in [-0.1, -0.05) is 36.4 Å². The van der Waals surface area contributed by atoms with Gasteiger partial charge in [0.1, 0.15) is 12.6 Å². The lowest BCUT2D eigenvalue weighted by Gasteiger charge is -2.16. The normalized spacial score (nSPS) is 14.2. The first-order chi connectivity index (χ1) is 19.2. The van der Waals surface area contributed by atoms with Gasteiger partial charge in [0.15, 0.2) is 0 Å². The molecule has 204 valence electrons. The number of rotatable bonds is 8. The van der Waals surface area contributed by atoms with Gasteiger partial charge in [-0.05, 0) is 12.1 Å². The van der Waals surface area contributed by atoms with Crippen molar-refractivity contribution in [3.63, 3.8) is 0 Å². The Balaban J connectivity index is 1.58. The molecule has 0 bridgehead atoms. The maximum absolute atomic E-state index is 13.5. The number of nitrogens with zero attached hydrogens (tertiary/aromatic N) is 2. The topological polar surface area (TPSA) is 140 Å². The summed E-state index contributed by atoms with van der Waals surface area (Å²) < 4.78 is 11.0. The molecule has 0 spiro atoms. The van der Waals surface area contributed by atoms with Crippen LogP contribution in [-0.2, 0) is 40.0 Å². The van der Waals surface area contributed by atoms with Gasteiger partial charge >= 0.3 is 11.9 Å². The number of amides is 3. The van der Waals surface area contributed by atoms with E-state index < -0.39 is 42.1 Å². The number of ether oxygens (including phenoxy) is 2. The van der Waals surface area contributed by atoms with Crippen LogP contribution in [0.25, 0.3) is 33.0 Å². The van der Waals surface area contributed by atoms with Crippen molar-refractivity contribution in [2.75, 3.05) is 21.3 Å². The van der Waals surface area contributed by atoms with E-state index in [0.29, 0.717) is 22.0 Å². The van der Waals surface area contributed by atoms with Crippen LogP contribution in [0.5, 0.6) is 0 Å². The molecule has 0 saturated heterocycles. The average Bonchev–Trinajstić information content (AvgIpc) is 3.61. The Hall–Kier alpha value is -5.19. The number of para-hydroxylation sites is 2. The van der Waals surface area contributed by atoms with Gasteiger partial charge in [0, 0.05) is 52.4 Å². The molecule has 3 heterocycles. The molecule has 3 amide bonds. The number of aromatic amines is 1. The Labute approximate surface area is 228 Å². The summed E-state index contributed by atoms with van der Waals surface area (Å²) in [6.45, 7) is -0.233. The SMILES string of the molecule is COC(=O)C[C@@H](NC(=O)Cn1cc(C2=C(c3c[nH]c4ccccc34)C(=O)N(C)C2=O)c2ccccc21)C(=O)OC. The molecule has 2 N–H and O–H groups in total. The van der Waals surface area contributed by atoms with Crippen molar-refractivity contribution in [1.82, 2.24) is 19.8 Å². The van der Waals surface area contributed by atoms with Crippen LogP contribution in [0.15, 0.2) is 60.9 Å². The van der Waals surface area contributed by atoms with E-state index in [9.17, 15) is 24.0 Å². The van der Waals surface area contributed by atoms with E-state index in [1.54, 1.807) is 35.2 Å². The summed E-state index contributed by atoms with van der Waals surface area (Å²) in [5.41, 5.74) is 3.05. The number of fused-ring (bicyclic) bond motifs is 2. The number of hydrogen-bond donors (Lipinski definition) is 2. The third-order valence-electron chi connectivity index (χ3n) is 6.94. The second kappa shape index (κ2) is 10.5. The fourth-order valence-electron chi connectivity index (χ4n) is 4.98. The number of H-pyrrole nitrogens is 1. The van der Waals surface area contributed by atoms with Gasteiger partial charge in [-0.3, -0.25) is 24.1 Å². The molecule has 2 aromatic heterocycles. The molecule has 0 radical (unpaired) electrons. The van der Waals surface area contributed by atoms with E-state index in [0.717, 1.165) is 22.9 Å². The molecule has 11 heteroatoms. The first-order valence-electron chi connectivity index (χ1n) is 12.4. The molecule has 40 heavy (non-hydrogen) atoms.